The van der Waals surface area contributed by atoms with E-state index in [-0.39, 0.29) is 23.9 Å². The predicted molar refractivity (Wildman–Crippen MR) is 96.8 cm³/mol. The van der Waals surface area contributed by atoms with Crippen LogP contribution in [0.5, 0.6) is 0 Å². The molecule has 138 valence electrons. The Morgan fingerprint density at radius 2 is 2.28 bits per heavy atom. The fourth-order valence-corrected chi connectivity index (χ4v) is 4.46. The van der Waals surface area contributed by atoms with Crippen LogP contribution in [0.3, 0.4) is 0 Å². The van der Waals surface area contributed by atoms with E-state index in [1.165, 1.54) is 5.57 Å². The number of carbonyl (C=O) groups excluding carboxylic acids is 1. The Morgan fingerprint density at radius 3 is 3.00 bits per heavy atom. The highest BCUT2D eigenvalue weighted by Crippen LogP contribution is 2.51. The molecule has 0 radical (unpaired) electrons. The minimum Gasteiger partial charge on any atom is -0.491 e. The molecule has 0 saturated carbocycles. The van der Waals surface area contributed by atoms with Crippen molar-refractivity contribution in [1.29, 1.82) is 0 Å². The van der Waals surface area contributed by atoms with E-state index < -0.39 is 6.10 Å². The lowest BCUT2D eigenvalue weighted by Crippen LogP contribution is -2.43. The third kappa shape index (κ3) is 3.47. The van der Waals surface area contributed by atoms with E-state index in [0.717, 1.165) is 36.2 Å². The fraction of sp³-hybridized carbons (Fsp3) is 0.667. The first kappa shape index (κ1) is 18.4. The molecular weight excluding hydrogens is 316 g/mol. The lowest BCUT2D eigenvalue weighted by Gasteiger charge is -2.43. The summed E-state index contributed by atoms with van der Waals surface area (Å²) < 4.78 is 6.31. The lowest BCUT2D eigenvalue weighted by atomic mass is 9.74. The van der Waals surface area contributed by atoms with Gasteiger partial charge < -0.3 is 14.9 Å². The van der Waals surface area contributed by atoms with Crippen molar-refractivity contribution in [2.45, 2.75) is 71.0 Å². The van der Waals surface area contributed by atoms with Crippen molar-refractivity contribution in [1.82, 2.24) is 0 Å². The minimum atomic E-state index is -0.857. The molecule has 4 nitrogen and oxygen atoms in total. The van der Waals surface area contributed by atoms with Crippen molar-refractivity contribution in [2.75, 3.05) is 6.61 Å². The second-order valence-electron chi connectivity index (χ2n) is 8.09. The molecule has 0 aromatic carbocycles. The predicted octanol–water partition coefficient (Wildman–Crippen LogP) is 3.44. The molecule has 0 amide bonds. The number of ether oxygens (including phenoxy) is 1. The number of fused-ring (bicyclic) bond motifs is 1. The standard InChI is InChI=1S/C21H30O4/c1-13(12-22)5-4-6-14(2)15-9-10-21(3)17(15)11-16-19(25-21)8-7-18(23)20(16)24/h5,9,14,17-18,22-23H,4,6-8,10-12H2,1-3H3/b13-5+/t14?,17-,18+,21+/m0/s1. The van der Waals surface area contributed by atoms with Gasteiger partial charge in [0.05, 0.1) is 6.61 Å². The highest BCUT2D eigenvalue weighted by atomic mass is 16.5. The van der Waals surface area contributed by atoms with E-state index in [1.54, 1.807) is 0 Å². The second-order valence-corrected chi connectivity index (χ2v) is 8.09. The van der Waals surface area contributed by atoms with Crippen LogP contribution < -0.4 is 0 Å². The maximum atomic E-state index is 12.4. The van der Waals surface area contributed by atoms with Crippen molar-refractivity contribution in [3.05, 3.63) is 34.6 Å². The molecule has 4 heteroatoms. The van der Waals surface area contributed by atoms with Crippen LogP contribution in [0.1, 0.15) is 59.3 Å². The monoisotopic (exact) mass is 346 g/mol. The zero-order chi connectivity index (χ0) is 18.2. The summed E-state index contributed by atoms with van der Waals surface area (Å²) in [6.45, 7) is 6.46. The van der Waals surface area contributed by atoms with Crippen molar-refractivity contribution in [3.63, 3.8) is 0 Å². The molecule has 3 rings (SSSR count). The number of ketones is 1. The first-order valence-electron chi connectivity index (χ1n) is 9.45. The summed E-state index contributed by atoms with van der Waals surface area (Å²) in [6, 6.07) is 0. The van der Waals surface area contributed by atoms with E-state index in [2.05, 4.69) is 26.0 Å². The van der Waals surface area contributed by atoms with Crippen LogP contribution in [0.25, 0.3) is 0 Å². The molecule has 1 unspecified atom stereocenters. The van der Waals surface area contributed by atoms with E-state index in [1.807, 2.05) is 6.92 Å². The fourth-order valence-electron chi connectivity index (χ4n) is 4.46. The third-order valence-electron chi connectivity index (χ3n) is 6.14. The number of carbonyl (C=O) groups is 1. The number of aliphatic hydroxyl groups is 2. The molecule has 1 heterocycles. The van der Waals surface area contributed by atoms with Gasteiger partial charge in [-0.3, -0.25) is 4.79 Å². The quantitative estimate of drug-likeness (QED) is 0.748. The largest absolute Gasteiger partial charge is 0.491 e. The summed E-state index contributed by atoms with van der Waals surface area (Å²) in [6.07, 6.45) is 8.25. The van der Waals surface area contributed by atoms with Gasteiger partial charge in [0, 0.05) is 24.3 Å². The average Bonchev–Trinajstić information content (AvgIpc) is 2.93. The number of aliphatic hydroxyl groups excluding tert-OH is 2. The Hall–Kier alpha value is -1.39. The summed E-state index contributed by atoms with van der Waals surface area (Å²) in [5.74, 6) is 1.32. The summed E-state index contributed by atoms with van der Waals surface area (Å²) in [7, 11) is 0. The summed E-state index contributed by atoms with van der Waals surface area (Å²) in [5.41, 5.74) is 2.87. The Kier molecular flexibility index (Phi) is 5.21. The van der Waals surface area contributed by atoms with Gasteiger partial charge in [-0.05, 0) is 45.4 Å². The van der Waals surface area contributed by atoms with Gasteiger partial charge in [-0.25, -0.2) is 0 Å². The zero-order valence-corrected chi connectivity index (χ0v) is 15.5. The maximum Gasteiger partial charge on any atom is 0.190 e. The minimum absolute atomic E-state index is 0.118. The molecule has 0 spiro atoms. The average molecular weight is 346 g/mol. The van der Waals surface area contributed by atoms with E-state index >= 15 is 0 Å². The van der Waals surface area contributed by atoms with Gasteiger partial charge in [0.15, 0.2) is 5.78 Å². The van der Waals surface area contributed by atoms with Crippen LogP contribution in [-0.2, 0) is 9.53 Å². The van der Waals surface area contributed by atoms with E-state index in [9.17, 15) is 9.90 Å². The topological polar surface area (TPSA) is 66.8 Å². The SMILES string of the molecule is C/C(=C\CCC(C)C1=CC[C@@]2(C)OC3=C(C[C@@H]12)C(=O)[C@H](O)CC3)CO. The van der Waals surface area contributed by atoms with Gasteiger partial charge in [0.1, 0.15) is 17.5 Å². The summed E-state index contributed by atoms with van der Waals surface area (Å²) in [5, 5.41) is 19.0. The third-order valence-corrected chi connectivity index (χ3v) is 6.14. The Balaban J connectivity index is 1.73. The zero-order valence-electron chi connectivity index (χ0n) is 15.5. The Morgan fingerprint density at radius 1 is 1.52 bits per heavy atom. The van der Waals surface area contributed by atoms with Gasteiger partial charge in [-0.1, -0.05) is 30.2 Å². The number of allylic oxidation sites excluding steroid dienone is 2. The Bertz CT molecular complexity index is 642. The van der Waals surface area contributed by atoms with Crippen LogP contribution >= 0.6 is 0 Å². The number of hydrogen-bond acceptors (Lipinski definition) is 4. The number of hydrogen-bond donors (Lipinski definition) is 2. The molecular formula is C21H30O4. The summed E-state index contributed by atoms with van der Waals surface area (Å²) >= 11 is 0. The van der Waals surface area contributed by atoms with E-state index in [4.69, 9.17) is 9.84 Å². The molecule has 0 saturated heterocycles. The van der Waals surface area contributed by atoms with Crippen LogP contribution in [-0.4, -0.2) is 34.3 Å². The van der Waals surface area contributed by atoms with Crippen LogP contribution in [0.4, 0.5) is 0 Å². The number of Topliss-reactive ketones (excluding diaryl/α,β-unsaturated/α-hetero) is 1. The molecule has 0 bridgehead atoms. The second kappa shape index (κ2) is 7.08. The first-order chi connectivity index (χ1) is 11.9. The van der Waals surface area contributed by atoms with Crippen molar-refractivity contribution in [2.24, 2.45) is 11.8 Å². The maximum absolute atomic E-state index is 12.4. The van der Waals surface area contributed by atoms with Crippen molar-refractivity contribution in [3.8, 4) is 0 Å². The van der Waals surface area contributed by atoms with Crippen molar-refractivity contribution < 1.29 is 19.7 Å². The molecule has 4 atom stereocenters. The molecule has 3 aliphatic rings. The molecule has 0 aromatic heterocycles. The van der Waals surface area contributed by atoms with Gasteiger partial charge in [-0.15, -0.1) is 0 Å². The first-order valence-corrected chi connectivity index (χ1v) is 9.45. The molecule has 0 fully saturated rings. The highest BCUT2D eigenvalue weighted by Gasteiger charge is 2.49. The molecule has 2 aliphatic carbocycles. The highest BCUT2D eigenvalue weighted by molar-refractivity contribution is 6.00. The van der Waals surface area contributed by atoms with E-state index in [0.29, 0.717) is 25.2 Å². The smallest absolute Gasteiger partial charge is 0.190 e. The van der Waals surface area contributed by atoms with Gasteiger partial charge in [-0.2, -0.15) is 0 Å². The normalized spacial score (nSPS) is 33.6. The number of rotatable bonds is 5. The summed E-state index contributed by atoms with van der Waals surface area (Å²) in [4.78, 5) is 12.4. The van der Waals surface area contributed by atoms with Gasteiger partial charge in [0.25, 0.3) is 0 Å². The van der Waals surface area contributed by atoms with Gasteiger partial charge in [0.2, 0.25) is 0 Å². The van der Waals surface area contributed by atoms with Crippen LogP contribution in [0, 0.1) is 11.8 Å². The molecule has 0 aromatic rings. The van der Waals surface area contributed by atoms with Crippen LogP contribution in [0.2, 0.25) is 0 Å². The molecule has 1 aliphatic heterocycles. The van der Waals surface area contributed by atoms with Crippen LogP contribution in [0.15, 0.2) is 34.6 Å². The molecule has 25 heavy (non-hydrogen) atoms. The lowest BCUT2D eigenvalue weighted by molar-refractivity contribution is -0.127. The van der Waals surface area contributed by atoms with Crippen molar-refractivity contribution >= 4 is 5.78 Å². The molecule has 2 N–H and O–H groups in total. The Labute approximate surface area is 150 Å². The van der Waals surface area contributed by atoms with Gasteiger partial charge >= 0.3 is 0 Å².